The minimum Gasteiger partial charge on any atom is -0.493 e. The van der Waals surface area contributed by atoms with E-state index in [4.69, 9.17) is 14.0 Å². The molecule has 0 bridgehead atoms. The molecule has 2 aromatic carbocycles. The second kappa shape index (κ2) is 9.13. The molecule has 1 aliphatic heterocycles. The van der Waals surface area contributed by atoms with Crippen molar-refractivity contribution < 1.29 is 32.0 Å². The average Bonchev–Trinajstić information content (AvgIpc) is 3.41. The van der Waals surface area contributed by atoms with Crippen molar-refractivity contribution in [3.63, 3.8) is 0 Å². The van der Waals surface area contributed by atoms with Crippen LogP contribution in [0, 0.1) is 0 Å². The van der Waals surface area contributed by atoms with Crippen molar-refractivity contribution in [3.8, 4) is 22.9 Å². The summed E-state index contributed by atoms with van der Waals surface area (Å²) in [6.45, 7) is 2.41. The maximum atomic E-state index is 13.3. The molecule has 0 aliphatic carbocycles. The number of hydrogen-bond donors (Lipinski definition) is 0. The first-order chi connectivity index (χ1) is 15.8. The minimum atomic E-state index is -4.49. The quantitative estimate of drug-likeness (QED) is 0.509. The molecule has 0 N–H and O–H groups in total. The third-order valence-electron chi connectivity index (χ3n) is 5.41. The minimum absolute atomic E-state index is 0.0479. The summed E-state index contributed by atoms with van der Waals surface area (Å²) < 4.78 is 56.1. The van der Waals surface area contributed by atoms with Crippen LogP contribution in [0.2, 0.25) is 0 Å². The maximum Gasteiger partial charge on any atom is 0.416 e. The van der Waals surface area contributed by atoms with E-state index in [-0.39, 0.29) is 36.9 Å². The molecule has 7 nitrogen and oxygen atoms in total. The topological polar surface area (TPSA) is 77.7 Å². The summed E-state index contributed by atoms with van der Waals surface area (Å²) in [7, 11) is 1.53. The molecule has 1 aliphatic rings. The number of hydrogen-bond acceptors (Lipinski definition) is 6. The Balaban J connectivity index is 1.50. The molecule has 0 radical (unpaired) electrons. The lowest BCUT2D eigenvalue weighted by Crippen LogP contribution is -2.26. The Morgan fingerprint density at radius 2 is 1.97 bits per heavy atom. The largest absolute Gasteiger partial charge is 0.493 e. The summed E-state index contributed by atoms with van der Waals surface area (Å²) in [5, 5.41) is 4.00. The van der Waals surface area contributed by atoms with Crippen molar-refractivity contribution in [1.82, 2.24) is 15.0 Å². The van der Waals surface area contributed by atoms with Gasteiger partial charge in [0.2, 0.25) is 17.6 Å². The van der Waals surface area contributed by atoms with Gasteiger partial charge in [0.15, 0.2) is 11.5 Å². The highest BCUT2D eigenvalue weighted by molar-refractivity contribution is 5.79. The first-order valence-electron chi connectivity index (χ1n) is 10.4. The predicted octanol–water partition coefficient (Wildman–Crippen LogP) is 4.68. The molecule has 1 unspecified atom stereocenters. The summed E-state index contributed by atoms with van der Waals surface area (Å²) >= 11 is 0. The number of amides is 1. The first-order valence-corrected chi connectivity index (χ1v) is 10.4. The van der Waals surface area contributed by atoms with Crippen LogP contribution in [0.1, 0.15) is 36.3 Å². The van der Waals surface area contributed by atoms with Crippen LogP contribution in [0.25, 0.3) is 11.4 Å². The molecule has 174 valence electrons. The predicted molar refractivity (Wildman–Crippen MR) is 112 cm³/mol. The van der Waals surface area contributed by atoms with E-state index >= 15 is 0 Å². The number of alkyl halides is 3. The van der Waals surface area contributed by atoms with Crippen LogP contribution in [0.15, 0.2) is 47.0 Å². The van der Waals surface area contributed by atoms with E-state index in [0.717, 1.165) is 6.07 Å². The highest BCUT2D eigenvalue weighted by Gasteiger charge is 2.37. The second-order valence-electron chi connectivity index (χ2n) is 7.59. The zero-order chi connectivity index (χ0) is 23.6. The first kappa shape index (κ1) is 22.6. The molecular weight excluding hydrogens is 439 g/mol. The lowest BCUT2D eigenvalue weighted by atomic mass is 10.1. The maximum absolute atomic E-state index is 13.3. The molecule has 33 heavy (non-hydrogen) atoms. The number of rotatable bonds is 7. The van der Waals surface area contributed by atoms with Crippen LogP contribution in [0.5, 0.6) is 11.5 Å². The molecular formula is C23H22F3N3O4. The molecule has 3 aromatic rings. The van der Waals surface area contributed by atoms with Gasteiger partial charge in [-0.3, -0.25) is 4.79 Å². The van der Waals surface area contributed by atoms with Gasteiger partial charge in [-0.15, -0.1) is 0 Å². The molecule has 1 amide bonds. The summed E-state index contributed by atoms with van der Waals surface area (Å²) in [4.78, 5) is 18.3. The Bertz CT molecular complexity index is 1150. The number of carbonyl (C=O) groups excluding carboxylic acids is 1. The Morgan fingerprint density at radius 3 is 2.70 bits per heavy atom. The Labute approximate surface area is 188 Å². The van der Waals surface area contributed by atoms with E-state index in [2.05, 4.69) is 10.1 Å². The number of methoxy groups -OCH3 is 1. The normalized spacial score (nSPS) is 16.3. The Hall–Kier alpha value is -3.56. The molecule has 1 aromatic heterocycles. The van der Waals surface area contributed by atoms with Gasteiger partial charge in [-0.2, -0.15) is 18.2 Å². The lowest BCUT2D eigenvalue weighted by Gasteiger charge is -2.19. The zero-order valence-corrected chi connectivity index (χ0v) is 18.1. The SMILES string of the molecule is CCOc1ccc(-c2noc(C3CC(=O)N(Cc4ccccc4C(F)(F)F)C3)n2)cc1OC. The van der Waals surface area contributed by atoms with Crippen LogP contribution in [-0.2, 0) is 17.5 Å². The summed E-state index contributed by atoms with van der Waals surface area (Å²) in [5.74, 6) is 1.02. The molecule has 10 heteroatoms. The summed E-state index contributed by atoms with van der Waals surface area (Å²) in [6.07, 6.45) is -4.40. The highest BCUT2D eigenvalue weighted by Crippen LogP contribution is 2.36. The molecule has 2 heterocycles. The van der Waals surface area contributed by atoms with E-state index in [1.165, 1.54) is 30.2 Å². The molecule has 4 rings (SSSR count). The van der Waals surface area contributed by atoms with Crippen molar-refractivity contribution in [2.45, 2.75) is 32.0 Å². The average molecular weight is 461 g/mol. The molecule has 1 fully saturated rings. The van der Waals surface area contributed by atoms with Gasteiger partial charge in [0.1, 0.15) is 0 Å². The van der Waals surface area contributed by atoms with Crippen LogP contribution < -0.4 is 9.47 Å². The van der Waals surface area contributed by atoms with E-state index in [9.17, 15) is 18.0 Å². The third kappa shape index (κ3) is 4.79. The van der Waals surface area contributed by atoms with Gasteiger partial charge < -0.3 is 18.9 Å². The molecule has 0 spiro atoms. The smallest absolute Gasteiger partial charge is 0.416 e. The van der Waals surface area contributed by atoms with Gasteiger partial charge in [0.25, 0.3) is 0 Å². The Kier molecular flexibility index (Phi) is 6.26. The summed E-state index contributed by atoms with van der Waals surface area (Å²) in [6, 6.07) is 10.5. The van der Waals surface area contributed by atoms with Crippen LogP contribution in [0.3, 0.4) is 0 Å². The number of carbonyl (C=O) groups is 1. The van der Waals surface area contributed by atoms with Crippen molar-refractivity contribution in [1.29, 1.82) is 0 Å². The van der Waals surface area contributed by atoms with Crippen LogP contribution >= 0.6 is 0 Å². The van der Waals surface area contributed by atoms with E-state index < -0.39 is 17.7 Å². The van der Waals surface area contributed by atoms with Gasteiger partial charge in [0.05, 0.1) is 25.2 Å². The third-order valence-corrected chi connectivity index (χ3v) is 5.41. The number of benzene rings is 2. The lowest BCUT2D eigenvalue weighted by molar-refractivity contribution is -0.139. The van der Waals surface area contributed by atoms with Gasteiger partial charge in [0, 0.05) is 25.1 Å². The van der Waals surface area contributed by atoms with Gasteiger partial charge in [-0.1, -0.05) is 23.4 Å². The second-order valence-corrected chi connectivity index (χ2v) is 7.59. The van der Waals surface area contributed by atoms with Gasteiger partial charge >= 0.3 is 6.18 Å². The van der Waals surface area contributed by atoms with Gasteiger partial charge in [-0.05, 0) is 36.8 Å². The number of nitrogens with zero attached hydrogens (tertiary/aromatic N) is 3. The number of likely N-dealkylation sites (tertiary alicyclic amines) is 1. The highest BCUT2D eigenvalue weighted by atomic mass is 19.4. The Morgan fingerprint density at radius 1 is 1.18 bits per heavy atom. The molecule has 1 atom stereocenters. The van der Waals surface area contributed by atoms with E-state index in [1.807, 2.05) is 6.92 Å². The number of ether oxygens (including phenoxy) is 2. The van der Waals surface area contributed by atoms with Crippen molar-refractivity contribution >= 4 is 5.91 Å². The fourth-order valence-electron chi connectivity index (χ4n) is 3.83. The van der Waals surface area contributed by atoms with Crippen molar-refractivity contribution in [3.05, 3.63) is 59.5 Å². The van der Waals surface area contributed by atoms with E-state index in [1.54, 1.807) is 18.2 Å². The number of aromatic nitrogens is 2. The monoisotopic (exact) mass is 461 g/mol. The van der Waals surface area contributed by atoms with Crippen molar-refractivity contribution in [2.24, 2.45) is 0 Å². The van der Waals surface area contributed by atoms with Crippen molar-refractivity contribution in [2.75, 3.05) is 20.3 Å². The van der Waals surface area contributed by atoms with Gasteiger partial charge in [-0.25, -0.2) is 0 Å². The summed E-state index contributed by atoms with van der Waals surface area (Å²) in [5.41, 5.74) is -0.0527. The zero-order valence-electron chi connectivity index (χ0n) is 18.1. The molecule has 1 saturated heterocycles. The number of halogens is 3. The van der Waals surface area contributed by atoms with Crippen LogP contribution in [-0.4, -0.2) is 41.2 Å². The fourth-order valence-corrected chi connectivity index (χ4v) is 3.83. The van der Waals surface area contributed by atoms with Crippen LogP contribution in [0.4, 0.5) is 13.2 Å². The standard InChI is InChI=1S/C23H22F3N3O4/c1-3-32-18-9-8-14(10-19(18)31-2)21-27-22(33-28-21)16-11-20(30)29(13-16)12-15-6-4-5-7-17(15)23(24,25)26/h4-10,16H,3,11-13H2,1-2H3. The van der Waals surface area contributed by atoms with E-state index in [0.29, 0.717) is 29.5 Å². The fraction of sp³-hybridized carbons (Fsp3) is 0.348. The molecule has 0 saturated carbocycles.